The molecule has 0 aromatic heterocycles. The SMILES string of the molecule is CCc1cccc(C)c1NC(=O)[C@@H](C)OC(=O)c1c(OC)cccc1OC. The van der Waals surface area contributed by atoms with E-state index in [1.54, 1.807) is 18.2 Å². The summed E-state index contributed by atoms with van der Waals surface area (Å²) < 4.78 is 15.8. The number of hydrogen-bond donors (Lipinski definition) is 1. The number of amides is 1. The van der Waals surface area contributed by atoms with Gasteiger partial charge in [0.25, 0.3) is 5.91 Å². The highest BCUT2D eigenvalue weighted by Gasteiger charge is 2.25. The van der Waals surface area contributed by atoms with Crippen LogP contribution in [0.1, 0.15) is 35.3 Å². The molecule has 0 radical (unpaired) electrons. The van der Waals surface area contributed by atoms with Crippen LogP contribution >= 0.6 is 0 Å². The molecular weight excluding hydrogens is 346 g/mol. The van der Waals surface area contributed by atoms with Gasteiger partial charge in [0.05, 0.1) is 14.2 Å². The second-order valence-electron chi connectivity index (χ2n) is 6.04. The Bertz CT molecular complexity index is 809. The van der Waals surface area contributed by atoms with Gasteiger partial charge in [-0.15, -0.1) is 0 Å². The molecule has 2 aromatic rings. The lowest BCUT2D eigenvalue weighted by molar-refractivity contribution is -0.123. The Labute approximate surface area is 159 Å². The molecule has 6 nitrogen and oxygen atoms in total. The fourth-order valence-corrected chi connectivity index (χ4v) is 2.75. The number of hydrogen-bond acceptors (Lipinski definition) is 5. The highest BCUT2D eigenvalue weighted by molar-refractivity contribution is 6.00. The average Bonchev–Trinajstić information content (AvgIpc) is 2.68. The summed E-state index contributed by atoms with van der Waals surface area (Å²) in [5.41, 5.74) is 2.87. The fourth-order valence-electron chi connectivity index (χ4n) is 2.75. The van der Waals surface area contributed by atoms with E-state index in [4.69, 9.17) is 14.2 Å². The van der Waals surface area contributed by atoms with E-state index in [-0.39, 0.29) is 5.56 Å². The summed E-state index contributed by atoms with van der Waals surface area (Å²) in [6.45, 7) is 5.46. The average molecular weight is 371 g/mol. The smallest absolute Gasteiger partial charge is 0.346 e. The second-order valence-corrected chi connectivity index (χ2v) is 6.04. The number of carbonyl (C=O) groups is 2. The highest BCUT2D eigenvalue weighted by atomic mass is 16.6. The number of ether oxygens (including phenoxy) is 3. The van der Waals surface area contributed by atoms with Crippen LogP contribution < -0.4 is 14.8 Å². The molecule has 27 heavy (non-hydrogen) atoms. The molecule has 6 heteroatoms. The number of methoxy groups -OCH3 is 2. The molecule has 1 amide bonds. The van der Waals surface area contributed by atoms with Crippen LogP contribution in [-0.4, -0.2) is 32.2 Å². The maximum absolute atomic E-state index is 12.6. The number of benzene rings is 2. The Balaban J connectivity index is 2.17. The quantitative estimate of drug-likeness (QED) is 0.750. The summed E-state index contributed by atoms with van der Waals surface area (Å²) in [6.07, 6.45) is -0.208. The third kappa shape index (κ3) is 4.58. The Kier molecular flexibility index (Phi) is 6.82. The Morgan fingerprint density at radius 2 is 1.63 bits per heavy atom. The van der Waals surface area contributed by atoms with E-state index in [0.717, 1.165) is 23.2 Å². The molecule has 0 saturated carbocycles. The molecule has 0 bridgehead atoms. The molecule has 0 spiro atoms. The van der Waals surface area contributed by atoms with Gasteiger partial charge in [-0.05, 0) is 43.5 Å². The molecule has 0 heterocycles. The van der Waals surface area contributed by atoms with Crippen LogP contribution in [0, 0.1) is 6.92 Å². The van der Waals surface area contributed by atoms with E-state index in [1.165, 1.54) is 21.1 Å². The van der Waals surface area contributed by atoms with E-state index < -0.39 is 18.0 Å². The molecule has 144 valence electrons. The van der Waals surface area contributed by atoms with Crippen LogP contribution in [0.3, 0.4) is 0 Å². The molecule has 1 N–H and O–H groups in total. The van der Waals surface area contributed by atoms with Crippen LogP contribution in [0.25, 0.3) is 0 Å². The van der Waals surface area contributed by atoms with Crippen LogP contribution in [0.4, 0.5) is 5.69 Å². The van der Waals surface area contributed by atoms with Gasteiger partial charge < -0.3 is 19.5 Å². The summed E-state index contributed by atoms with van der Waals surface area (Å²) in [6, 6.07) is 10.8. The zero-order valence-electron chi connectivity index (χ0n) is 16.3. The third-order valence-corrected chi connectivity index (χ3v) is 4.27. The fraction of sp³-hybridized carbons (Fsp3) is 0.333. The second kappa shape index (κ2) is 9.07. The number of para-hydroxylation sites is 1. The zero-order valence-corrected chi connectivity index (χ0v) is 16.3. The molecular formula is C21H25NO5. The van der Waals surface area contributed by atoms with Crippen LogP contribution in [0.2, 0.25) is 0 Å². The number of carbonyl (C=O) groups excluding carboxylic acids is 2. The van der Waals surface area contributed by atoms with Gasteiger partial charge in [0.15, 0.2) is 6.10 Å². The third-order valence-electron chi connectivity index (χ3n) is 4.27. The van der Waals surface area contributed by atoms with Crippen molar-refractivity contribution in [3.05, 3.63) is 53.1 Å². The van der Waals surface area contributed by atoms with Crippen molar-refractivity contribution in [3.8, 4) is 11.5 Å². The van der Waals surface area contributed by atoms with Crippen molar-refractivity contribution in [1.29, 1.82) is 0 Å². The number of anilines is 1. The standard InChI is InChI=1S/C21H25NO5/c1-6-15-10-7-9-13(2)19(15)22-20(23)14(3)27-21(24)18-16(25-4)11-8-12-17(18)26-5/h7-12,14H,6H2,1-5H3,(H,22,23)/t14-/m1/s1. The Morgan fingerprint density at radius 1 is 1.04 bits per heavy atom. The first-order valence-corrected chi connectivity index (χ1v) is 8.74. The minimum atomic E-state index is -0.989. The van der Waals surface area contributed by atoms with Gasteiger partial charge >= 0.3 is 5.97 Å². The summed E-state index contributed by atoms with van der Waals surface area (Å²) in [4.78, 5) is 25.2. The summed E-state index contributed by atoms with van der Waals surface area (Å²) in [5, 5.41) is 2.86. The maximum Gasteiger partial charge on any atom is 0.346 e. The molecule has 2 aromatic carbocycles. The summed E-state index contributed by atoms with van der Waals surface area (Å²) in [5.74, 6) is -0.452. The molecule has 2 rings (SSSR count). The molecule has 0 fully saturated rings. The van der Waals surface area contributed by atoms with Crippen molar-refractivity contribution < 1.29 is 23.8 Å². The monoisotopic (exact) mass is 371 g/mol. The normalized spacial score (nSPS) is 11.4. The van der Waals surface area contributed by atoms with Crippen LogP contribution in [0.15, 0.2) is 36.4 Å². The van der Waals surface area contributed by atoms with Gasteiger partial charge in [-0.2, -0.15) is 0 Å². The largest absolute Gasteiger partial charge is 0.496 e. The number of esters is 1. The van der Waals surface area contributed by atoms with Gasteiger partial charge in [-0.25, -0.2) is 4.79 Å². The topological polar surface area (TPSA) is 73.9 Å². The lowest BCUT2D eigenvalue weighted by Gasteiger charge is -2.18. The number of rotatable bonds is 7. The predicted molar refractivity (Wildman–Crippen MR) is 104 cm³/mol. The van der Waals surface area contributed by atoms with Crippen molar-refractivity contribution in [2.75, 3.05) is 19.5 Å². The first kappa shape index (κ1) is 20.3. The number of aryl methyl sites for hydroxylation is 2. The molecule has 0 unspecified atom stereocenters. The first-order chi connectivity index (χ1) is 12.9. The van der Waals surface area contributed by atoms with E-state index in [1.807, 2.05) is 32.0 Å². The van der Waals surface area contributed by atoms with Crippen LogP contribution in [0.5, 0.6) is 11.5 Å². The van der Waals surface area contributed by atoms with Crippen molar-refractivity contribution in [2.45, 2.75) is 33.3 Å². The zero-order chi connectivity index (χ0) is 20.0. The molecule has 0 aliphatic carbocycles. The van der Waals surface area contributed by atoms with E-state index >= 15 is 0 Å². The van der Waals surface area contributed by atoms with E-state index in [9.17, 15) is 9.59 Å². The van der Waals surface area contributed by atoms with Crippen molar-refractivity contribution in [1.82, 2.24) is 0 Å². The van der Waals surface area contributed by atoms with Gasteiger partial charge in [-0.3, -0.25) is 4.79 Å². The highest BCUT2D eigenvalue weighted by Crippen LogP contribution is 2.29. The summed E-state index contributed by atoms with van der Waals surface area (Å²) >= 11 is 0. The van der Waals surface area contributed by atoms with Crippen molar-refractivity contribution in [3.63, 3.8) is 0 Å². The van der Waals surface area contributed by atoms with Crippen LogP contribution in [-0.2, 0) is 16.0 Å². The van der Waals surface area contributed by atoms with Crippen molar-refractivity contribution >= 4 is 17.6 Å². The molecule has 0 saturated heterocycles. The lowest BCUT2D eigenvalue weighted by Crippen LogP contribution is -2.30. The minimum absolute atomic E-state index is 0.146. The van der Waals surface area contributed by atoms with Gasteiger partial charge in [0.1, 0.15) is 17.1 Å². The van der Waals surface area contributed by atoms with Crippen molar-refractivity contribution in [2.24, 2.45) is 0 Å². The number of nitrogens with one attached hydrogen (secondary N) is 1. The Hall–Kier alpha value is -3.02. The van der Waals surface area contributed by atoms with Gasteiger partial charge in [0.2, 0.25) is 0 Å². The first-order valence-electron chi connectivity index (χ1n) is 8.74. The molecule has 0 aliphatic heterocycles. The van der Waals surface area contributed by atoms with E-state index in [0.29, 0.717) is 11.5 Å². The lowest BCUT2D eigenvalue weighted by atomic mass is 10.1. The predicted octanol–water partition coefficient (Wildman–Crippen LogP) is 3.76. The molecule has 0 aliphatic rings. The maximum atomic E-state index is 12.6. The van der Waals surface area contributed by atoms with Gasteiger partial charge in [0, 0.05) is 5.69 Å². The minimum Gasteiger partial charge on any atom is -0.496 e. The summed E-state index contributed by atoms with van der Waals surface area (Å²) in [7, 11) is 2.90. The van der Waals surface area contributed by atoms with E-state index in [2.05, 4.69) is 5.32 Å². The molecule has 1 atom stereocenters. The Morgan fingerprint density at radius 3 is 2.19 bits per heavy atom. The van der Waals surface area contributed by atoms with Gasteiger partial charge in [-0.1, -0.05) is 31.2 Å².